The summed E-state index contributed by atoms with van der Waals surface area (Å²) >= 11 is 1.77. The van der Waals surface area contributed by atoms with E-state index in [1.807, 2.05) is 31.2 Å². The molecule has 112 valence electrons. The highest BCUT2D eigenvalue weighted by molar-refractivity contribution is 7.99. The molecule has 1 unspecified atom stereocenters. The van der Waals surface area contributed by atoms with Crippen LogP contribution in [0.25, 0.3) is 0 Å². The summed E-state index contributed by atoms with van der Waals surface area (Å²) in [5.74, 6) is -0.0584. The van der Waals surface area contributed by atoms with Gasteiger partial charge in [-0.15, -0.1) is 11.8 Å². The van der Waals surface area contributed by atoms with Crippen LogP contribution in [-0.4, -0.2) is 12.3 Å². The van der Waals surface area contributed by atoms with Crippen LogP contribution in [0.15, 0.2) is 47.4 Å². The molecule has 0 saturated heterocycles. The number of nitrogens with one attached hydrogen (secondary N) is 1. The van der Waals surface area contributed by atoms with E-state index in [0.717, 1.165) is 17.4 Å². The molecular weight excluding hydrogens is 288 g/mol. The lowest BCUT2D eigenvalue weighted by Gasteiger charge is -2.20. The number of hydrogen-bond donors (Lipinski definition) is 1. The van der Waals surface area contributed by atoms with Gasteiger partial charge in [0, 0.05) is 16.5 Å². The minimum Gasteiger partial charge on any atom is -0.306 e. The largest absolute Gasteiger partial charge is 0.306 e. The van der Waals surface area contributed by atoms with Crippen LogP contribution in [0, 0.1) is 11.6 Å². The first-order chi connectivity index (χ1) is 10.2. The smallest absolute Gasteiger partial charge is 0.131 e. The topological polar surface area (TPSA) is 12.0 Å². The molecule has 1 atom stereocenters. The van der Waals surface area contributed by atoms with E-state index in [4.69, 9.17) is 0 Å². The number of halogens is 2. The van der Waals surface area contributed by atoms with Crippen molar-refractivity contribution in [1.82, 2.24) is 5.32 Å². The molecular formula is C17H19F2NS. The van der Waals surface area contributed by atoms with Gasteiger partial charge in [0.05, 0.1) is 6.04 Å². The average Bonchev–Trinajstić information content (AvgIpc) is 2.47. The molecule has 1 nitrogen and oxygen atoms in total. The highest BCUT2D eigenvalue weighted by atomic mass is 32.2. The summed E-state index contributed by atoms with van der Waals surface area (Å²) in [5.41, 5.74) is 1.44. The first-order valence-corrected chi connectivity index (χ1v) is 8.05. The predicted molar refractivity (Wildman–Crippen MR) is 84.7 cm³/mol. The summed E-state index contributed by atoms with van der Waals surface area (Å²) in [5, 5.41) is 3.26. The standard InChI is InChI=1S/C17H19F2NS/c1-3-20-17(15-10-7-13(18)11-16(15)19)12-5-8-14(9-6-12)21-4-2/h5-11,17,20H,3-4H2,1-2H3. The maximum Gasteiger partial charge on any atom is 0.131 e. The molecule has 0 amide bonds. The molecule has 0 bridgehead atoms. The molecule has 0 saturated carbocycles. The first-order valence-electron chi connectivity index (χ1n) is 7.06. The van der Waals surface area contributed by atoms with Crippen molar-refractivity contribution in [2.24, 2.45) is 0 Å². The van der Waals surface area contributed by atoms with E-state index in [2.05, 4.69) is 12.2 Å². The number of hydrogen-bond acceptors (Lipinski definition) is 2. The van der Waals surface area contributed by atoms with Gasteiger partial charge in [0.25, 0.3) is 0 Å². The molecule has 0 heterocycles. The zero-order chi connectivity index (χ0) is 15.2. The molecule has 0 fully saturated rings. The zero-order valence-electron chi connectivity index (χ0n) is 12.2. The van der Waals surface area contributed by atoms with E-state index in [0.29, 0.717) is 12.1 Å². The Balaban J connectivity index is 2.33. The molecule has 0 radical (unpaired) electrons. The molecule has 0 aliphatic rings. The van der Waals surface area contributed by atoms with E-state index in [-0.39, 0.29) is 6.04 Å². The quantitative estimate of drug-likeness (QED) is 0.771. The summed E-state index contributed by atoms with van der Waals surface area (Å²) in [4.78, 5) is 1.19. The minimum absolute atomic E-state index is 0.267. The third kappa shape index (κ3) is 4.05. The molecule has 0 spiro atoms. The zero-order valence-corrected chi connectivity index (χ0v) is 13.0. The van der Waals surface area contributed by atoms with E-state index >= 15 is 0 Å². The van der Waals surface area contributed by atoms with Crippen molar-refractivity contribution in [3.8, 4) is 0 Å². The summed E-state index contributed by atoms with van der Waals surface area (Å²) in [6.07, 6.45) is 0. The van der Waals surface area contributed by atoms with Crippen molar-refractivity contribution in [1.29, 1.82) is 0 Å². The SMILES string of the molecule is CCNC(c1ccc(SCC)cc1)c1ccc(F)cc1F. The van der Waals surface area contributed by atoms with Crippen LogP contribution < -0.4 is 5.32 Å². The molecule has 4 heteroatoms. The van der Waals surface area contributed by atoms with Gasteiger partial charge in [0.15, 0.2) is 0 Å². The predicted octanol–water partition coefficient (Wildman–Crippen LogP) is 4.78. The van der Waals surface area contributed by atoms with Crippen molar-refractivity contribution in [3.05, 3.63) is 65.2 Å². The number of benzene rings is 2. The van der Waals surface area contributed by atoms with E-state index < -0.39 is 11.6 Å². The Bertz CT molecular complexity index is 584. The fraction of sp³-hybridized carbons (Fsp3) is 0.294. The third-order valence-corrected chi connectivity index (χ3v) is 4.10. The lowest BCUT2D eigenvalue weighted by molar-refractivity contribution is 0.541. The van der Waals surface area contributed by atoms with Crippen molar-refractivity contribution >= 4 is 11.8 Å². The Kier molecular flexibility index (Phi) is 5.76. The molecule has 21 heavy (non-hydrogen) atoms. The minimum atomic E-state index is -0.554. The second kappa shape index (κ2) is 7.57. The van der Waals surface area contributed by atoms with Gasteiger partial charge in [-0.05, 0) is 36.1 Å². The van der Waals surface area contributed by atoms with Crippen molar-refractivity contribution in [2.45, 2.75) is 24.8 Å². The van der Waals surface area contributed by atoms with Crippen LogP contribution in [0.1, 0.15) is 31.0 Å². The van der Waals surface area contributed by atoms with Crippen LogP contribution >= 0.6 is 11.8 Å². The van der Waals surface area contributed by atoms with Crippen LogP contribution in [0.4, 0.5) is 8.78 Å². The maximum atomic E-state index is 14.0. The molecule has 0 aliphatic heterocycles. The molecule has 2 aromatic rings. The van der Waals surface area contributed by atoms with Gasteiger partial charge in [-0.25, -0.2) is 8.78 Å². The van der Waals surface area contributed by atoms with Crippen LogP contribution in [-0.2, 0) is 0 Å². The van der Waals surface area contributed by atoms with Gasteiger partial charge in [0.2, 0.25) is 0 Å². The summed E-state index contributed by atoms with van der Waals surface area (Å²) in [7, 11) is 0. The average molecular weight is 307 g/mol. The molecule has 1 N–H and O–H groups in total. The van der Waals surface area contributed by atoms with E-state index in [1.54, 1.807) is 11.8 Å². The second-order valence-corrected chi connectivity index (χ2v) is 6.00. The Hall–Kier alpha value is -1.39. The van der Waals surface area contributed by atoms with E-state index in [9.17, 15) is 8.78 Å². The molecule has 0 aliphatic carbocycles. The Morgan fingerprint density at radius 1 is 1.05 bits per heavy atom. The second-order valence-electron chi connectivity index (χ2n) is 4.66. The molecule has 0 aromatic heterocycles. The monoisotopic (exact) mass is 307 g/mol. The highest BCUT2D eigenvalue weighted by Crippen LogP contribution is 2.27. The third-order valence-electron chi connectivity index (χ3n) is 3.21. The fourth-order valence-electron chi connectivity index (χ4n) is 2.27. The molecule has 2 aromatic carbocycles. The number of rotatable bonds is 6. The van der Waals surface area contributed by atoms with Gasteiger partial charge in [-0.3, -0.25) is 0 Å². The highest BCUT2D eigenvalue weighted by Gasteiger charge is 2.17. The van der Waals surface area contributed by atoms with Crippen molar-refractivity contribution in [2.75, 3.05) is 12.3 Å². The van der Waals surface area contributed by atoms with Crippen molar-refractivity contribution < 1.29 is 8.78 Å². The van der Waals surface area contributed by atoms with Gasteiger partial charge in [-0.2, -0.15) is 0 Å². The Labute approximate surface area is 128 Å². The summed E-state index contributed by atoms with van der Waals surface area (Å²) < 4.78 is 27.1. The van der Waals surface area contributed by atoms with E-state index in [1.165, 1.54) is 17.0 Å². The maximum absolute atomic E-state index is 14.0. The Morgan fingerprint density at radius 2 is 1.76 bits per heavy atom. The lowest BCUT2D eigenvalue weighted by Crippen LogP contribution is -2.23. The van der Waals surface area contributed by atoms with Crippen LogP contribution in [0.5, 0.6) is 0 Å². The lowest BCUT2D eigenvalue weighted by atomic mass is 9.98. The number of thioether (sulfide) groups is 1. The van der Waals surface area contributed by atoms with Gasteiger partial charge < -0.3 is 5.32 Å². The van der Waals surface area contributed by atoms with Gasteiger partial charge in [-0.1, -0.05) is 32.0 Å². The summed E-state index contributed by atoms with van der Waals surface area (Å²) in [6, 6.07) is 11.5. The van der Waals surface area contributed by atoms with Crippen LogP contribution in [0.3, 0.4) is 0 Å². The fourth-order valence-corrected chi connectivity index (χ4v) is 2.93. The molecule has 2 rings (SSSR count). The first kappa shape index (κ1) is 16.0. The van der Waals surface area contributed by atoms with Crippen LogP contribution in [0.2, 0.25) is 0 Å². The normalized spacial score (nSPS) is 12.4. The Morgan fingerprint density at radius 3 is 2.33 bits per heavy atom. The van der Waals surface area contributed by atoms with Gasteiger partial charge in [0.1, 0.15) is 11.6 Å². The van der Waals surface area contributed by atoms with Gasteiger partial charge >= 0.3 is 0 Å². The van der Waals surface area contributed by atoms with Crippen molar-refractivity contribution in [3.63, 3.8) is 0 Å². The summed E-state index contributed by atoms with van der Waals surface area (Å²) in [6.45, 7) is 4.77.